The first-order valence-corrected chi connectivity index (χ1v) is 11.5. The smallest absolute Gasteiger partial charge is 0.143 e. The highest BCUT2D eigenvalue weighted by Crippen LogP contribution is 2.45. The number of benzene rings is 2. The number of carbonyl (C=O) groups is 1. The topological polar surface area (TPSA) is 20.3 Å². The van der Waals surface area contributed by atoms with Crippen LogP contribution < -0.4 is 0 Å². The summed E-state index contributed by atoms with van der Waals surface area (Å²) in [6.07, 6.45) is 2.39. The lowest BCUT2D eigenvalue weighted by Crippen LogP contribution is -2.47. The fourth-order valence-electron chi connectivity index (χ4n) is 4.77. The van der Waals surface area contributed by atoms with Crippen molar-refractivity contribution in [2.75, 3.05) is 13.1 Å². The fraction of sp³-hybridized carbons (Fsp3) is 0.346. The van der Waals surface area contributed by atoms with Crippen molar-refractivity contribution in [3.8, 4) is 10.4 Å². The first-order valence-electron chi connectivity index (χ1n) is 10.6. The number of likely N-dealkylation sites (tertiary alicyclic amines) is 1. The lowest BCUT2D eigenvalue weighted by Gasteiger charge is -2.43. The first kappa shape index (κ1) is 22.9. The van der Waals surface area contributed by atoms with Crippen LogP contribution in [0.15, 0.2) is 72.1 Å². The summed E-state index contributed by atoms with van der Waals surface area (Å²) in [6, 6.07) is 23.8. The van der Waals surface area contributed by atoms with Crippen molar-refractivity contribution < 1.29 is 4.79 Å². The average Bonchev–Trinajstić information content (AvgIpc) is 3.30. The second-order valence-corrected chi connectivity index (χ2v) is 8.93. The molecule has 0 saturated carbocycles. The molecule has 1 saturated heterocycles. The standard InChI is InChI=1S/C26H29NOS.BrH/c1-3-24(28)26(23-14-19-29-25(23)22-12-8-5-9-13-22)15-17-27(18-16-26)20(2)21-10-6-4-7-11-21;/h4-14,19-20H,3,15-18H2,1-2H3;1H. The molecule has 1 aliphatic rings. The number of rotatable bonds is 6. The van der Waals surface area contributed by atoms with Gasteiger partial charge in [-0.3, -0.25) is 9.69 Å². The van der Waals surface area contributed by atoms with Crippen molar-refractivity contribution in [3.63, 3.8) is 0 Å². The highest BCUT2D eigenvalue weighted by Gasteiger charge is 2.44. The molecule has 1 aromatic heterocycles. The number of Topliss-reactive ketones (excluding diaryl/α,β-unsaturated/α-hetero) is 1. The highest BCUT2D eigenvalue weighted by molar-refractivity contribution is 8.93. The Bertz CT molecular complexity index is 945. The SMILES string of the molecule is Br.CCC(=O)C1(c2ccsc2-c2ccccc2)CCN(C(C)c2ccccc2)CC1. The number of halogens is 1. The molecule has 3 aromatic rings. The summed E-state index contributed by atoms with van der Waals surface area (Å²) in [7, 11) is 0. The van der Waals surface area contributed by atoms with Gasteiger partial charge >= 0.3 is 0 Å². The predicted octanol–water partition coefficient (Wildman–Crippen LogP) is 7.07. The van der Waals surface area contributed by atoms with Crippen LogP contribution in [0.2, 0.25) is 0 Å². The van der Waals surface area contributed by atoms with Gasteiger partial charge < -0.3 is 0 Å². The Morgan fingerprint density at radius 1 is 1.00 bits per heavy atom. The maximum Gasteiger partial charge on any atom is 0.143 e. The number of carbonyl (C=O) groups excluding carboxylic acids is 1. The van der Waals surface area contributed by atoms with Crippen molar-refractivity contribution in [3.05, 3.63) is 83.2 Å². The Labute approximate surface area is 194 Å². The van der Waals surface area contributed by atoms with Crippen LogP contribution in [-0.2, 0) is 10.2 Å². The van der Waals surface area contributed by atoms with Crippen LogP contribution in [0, 0.1) is 0 Å². The molecule has 158 valence electrons. The van der Waals surface area contributed by atoms with Gasteiger partial charge in [-0.05, 0) is 47.9 Å². The van der Waals surface area contributed by atoms with Gasteiger partial charge in [0.25, 0.3) is 0 Å². The van der Waals surface area contributed by atoms with Gasteiger partial charge in [-0.1, -0.05) is 67.6 Å². The molecule has 0 amide bonds. The van der Waals surface area contributed by atoms with Crippen LogP contribution in [0.3, 0.4) is 0 Å². The van der Waals surface area contributed by atoms with E-state index in [1.54, 1.807) is 11.3 Å². The number of piperidine rings is 1. The van der Waals surface area contributed by atoms with Crippen molar-refractivity contribution in [2.24, 2.45) is 0 Å². The van der Waals surface area contributed by atoms with E-state index in [0.717, 1.165) is 25.9 Å². The maximum absolute atomic E-state index is 13.3. The summed E-state index contributed by atoms with van der Waals surface area (Å²) >= 11 is 1.76. The Morgan fingerprint density at radius 3 is 2.20 bits per heavy atom. The normalized spacial score (nSPS) is 17.1. The Balaban J connectivity index is 0.00000256. The molecule has 0 bridgehead atoms. The molecule has 0 spiro atoms. The highest BCUT2D eigenvalue weighted by atomic mass is 79.9. The summed E-state index contributed by atoms with van der Waals surface area (Å²) in [5.41, 5.74) is 3.46. The number of ketones is 1. The summed E-state index contributed by atoms with van der Waals surface area (Å²) in [4.78, 5) is 17.1. The van der Waals surface area contributed by atoms with E-state index in [4.69, 9.17) is 0 Å². The molecule has 0 N–H and O–H groups in total. The van der Waals surface area contributed by atoms with Gasteiger partial charge in [0.2, 0.25) is 0 Å². The molecule has 0 aliphatic carbocycles. The van der Waals surface area contributed by atoms with Crippen molar-refractivity contribution in [1.82, 2.24) is 4.90 Å². The van der Waals surface area contributed by atoms with E-state index in [2.05, 4.69) is 77.9 Å². The summed E-state index contributed by atoms with van der Waals surface area (Å²) in [6.45, 7) is 6.19. The van der Waals surface area contributed by atoms with E-state index >= 15 is 0 Å². The third-order valence-corrected chi connectivity index (χ3v) is 7.52. The average molecular weight is 485 g/mol. The second-order valence-electron chi connectivity index (χ2n) is 8.01. The van der Waals surface area contributed by atoms with Crippen molar-refractivity contribution >= 4 is 34.1 Å². The summed E-state index contributed by atoms with van der Waals surface area (Å²) in [5, 5.41) is 2.15. The lowest BCUT2D eigenvalue weighted by atomic mass is 9.68. The molecule has 1 atom stereocenters. The van der Waals surface area contributed by atoms with Gasteiger partial charge in [-0.2, -0.15) is 0 Å². The molecule has 1 fully saturated rings. The molecule has 2 aromatic carbocycles. The predicted molar refractivity (Wildman–Crippen MR) is 133 cm³/mol. The largest absolute Gasteiger partial charge is 0.299 e. The third-order valence-electron chi connectivity index (χ3n) is 6.55. The van der Waals surface area contributed by atoms with Gasteiger partial charge in [0, 0.05) is 30.4 Å². The molecule has 1 unspecified atom stereocenters. The molecule has 1 aliphatic heterocycles. The van der Waals surface area contributed by atoms with E-state index in [-0.39, 0.29) is 22.4 Å². The third kappa shape index (κ3) is 4.32. The molecule has 0 radical (unpaired) electrons. The molecule has 2 heterocycles. The van der Waals surface area contributed by atoms with Crippen LogP contribution in [0.1, 0.15) is 50.3 Å². The summed E-state index contributed by atoms with van der Waals surface area (Å²) < 4.78 is 0. The van der Waals surface area contributed by atoms with Crippen molar-refractivity contribution in [1.29, 1.82) is 0 Å². The lowest BCUT2D eigenvalue weighted by molar-refractivity contribution is -0.126. The summed E-state index contributed by atoms with van der Waals surface area (Å²) in [5.74, 6) is 0.389. The molecule has 30 heavy (non-hydrogen) atoms. The molecule has 4 rings (SSSR count). The van der Waals surface area contributed by atoms with E-state index in [0.29, 0.717) is 18.2 Å². The van der Waals surface area contributed by atoms with E-state index in [1.165, 1.54) is 21.6 Å². The molecule has 4 heteroatoms. The van der Waals surface area contributed by atoms with Gasteiger partial charge in [0.15, 0.2) is 0 Å². The van der Waals surface area contributed by atoms with Crippen LogP contribution in [0.25, 0.3) is 10.4 Å². The molecule has 2 nitrogen and oxygen atoms in total. The number of hydrogen-bond donors (Lipinski definition) is 0. The van der Waals surface area contributed by atoms with Crippen LogP contribution in [0.4, 0.5) is 0 Å². The van der Waals surface area contributed by atoms with E-state index in [1.807, 2.05) is 13.0 Å². The molecular formula is C26H30BrNOS. The quantitative estimate of drug-likeness (QED) is 0.373. The minimum atomic E-state index is -0.354. The second kappa shape index (κ2) is 10.0. The number of hydrogen-bond acceptors (Lipinski definition) is 3. The van der Waals surface area contributed by atoms with E-state index in [9.17, 15) is 4.79 Å². The minimum absolute atomic E-state index is 0. The minimum Gasteiger partial charge on any atom is -0.299 e. The van der Waals surface area contributed by atoms with Crippen LogP contribution in [0.5, 0.6) is 0 Å². The van der Waals surface area contributed by atoms with Gasteiger partial charge in [0.1, 0.15) is 5.78 Å². The zero-order valence-electron chi connectivity index (χ0n) is 17.7. The Morgan fingerprint density at radius 2 is 1.60 bits per heavy atom. The monoisotopic (exact) mass is 483 g/mol. The van der Waals surface area contributed by atoms with Gasteiger partial charge in [-0.25, -0.2) is 0 Å². The Kier molecular flexibility index (Phi) is 7.67. The molecular weight excluding hydrogens is 454 g/mol. The van der Waals surface area contributed by atoms with Crippen molar-refractivity contribution in [2.45, 2.75) is 44.6 Å². The number of nitrogens with zero attached hydrogens (tertiary/aromatic N) is 1. The van der Waals surface area contributed by atoms with Crippen LogP contribution >= 0.6 is 28.3 Å². The van der Waals surface area contributed by atoms with Crippen LogP contribution in [-0.4, -0.2) is 23.8 Å². The van der Waals surface area contributed by atoms with Gasteiger partial charge in [-0.15, -0.1) is 28.3 Å². The number of thiophene rings is 1. The first-order chi connectivity index (χ1) is 14.2. The zero-order valence-corrected chi connectivity index (χ0v) is 20.2. The zero-order chi connectivity index (χ0) is 20.3. The fourth-order valence-corrected chi connectivity index (χ4v) is 5.77. The van der Waals surface area contributed by atoms with E-state index < -0.39 is 0 Å². The maximum atomic E-state index is 13.3. The van der Waals surface area contributed by atoms with Gasteiger partial charge in [0.05, 0.1) is 5.41 Å². The Hall–Kier alpha value is -1.75.